The summed E-state index contributed by atoms with van der Waals surface area (Å²) in [6, 6.07) is 10.1. The number of halogens is 2. The molecule has 0 radical (unpaired) electrons. The molecule has 1 amide bonds. The highest BCUT2D eigenvalue weighted by Gasteiger charge is 2.33. The SMILES string of the molecule is Cc1cccc(-n2nc3c(c2NC(=O)c2ccc(F)c(F)c2)CS(=O)(=O)C3)c1. The van der Waals surface area contributed by atoms with Crippen molar-refractivity contribution in [3.05, 3.63) is 76.5 Å². The molecule has 1 aromatic heterocycles. The van der Waals surface area contributed by atoms with Crippen LogP contribution in [-0.4, -0.2) is 24.1 Å². The summed E-state index contributed by atoms with van der Waals surface area (Å²) in [5.74, 6) is -3.16. The first-order valence-electron chi connectivity index (χ1n) is 8.38. The van der Waals surface area contributed by atoms with Gasteiger partial charge in [-0.3, -0.25) is 4.79 Å². The third-order valence-corrected chi connectivity index (χ3v) is 5.89. The lowest BCUT2D eigenvalue weighted by atomic mass is 10.2. The molecule has 0 aliphatic carbocycles. The molecule has 6 nitrogen and oxygen atoms in total. The summed E-state index contributed by atoms with van der Waals surface area (Å²) >= 11 is 0. The number of nitrogens with one attached hydrogen (secondary N) is 1. The van der Waals surface area contributed by atoms with Crippen molar-refractivity contribution in [1.82, 2.24) is 9.78 Å². The minimum Gasteiger partial charge on any atom is -0.306 e. The van der Waals surface area contributed by atoms with Crippen molar-refractivity contribution < 1.29 is 22.0 Å². The molecule has 1 N–H and O–H groups in total. The highest BCUT2D eigenvalue weighted by Crippen LogP contribution is 2.33. The van der Waals surface area contributed by atoms with E-state index in [1.165, 1.54) is 4.68 Å². The van der Waals surface area contributed by atoms with Crippen molar-refractivity contribution in [3.63, 3.8) is 0 Å². The summed E-state index contributed by atoms with van der Waals surface area (Å²) in [6.45, 7) is 1.89. The van der Waals surface area contributed by atoms with E-state index in [1.54, 1.807) is 6.07 Å². The number of sulfone groups is 1. The van der Waals surface area contributed by atoms with Gasteiger partial charge < -0.3 is 5.32 Å². The second kappa shape index (κ2) is 6.52. The molecule has 0 fully saturated rings. The zero-order valence-electron chi connectivity index (χ0n) is 14.7. The fourth-order valence-electron chi connectivity index (χ4n) is 3.13. The first kappa shape index (κ1) is 18.3. The second-order valence-corrected chi connectivity index (χ2v) is 8.70. The van der Waals surface area contributed by atoms with Crippen molar-refractivity contribution in [3.8, 4) is 5.69 Å². The lowest BCUT2D eigenvalue weighted by Crippen LogP contribution is -2.17. The van der Waals surface area contributed by atoms with Crippen molar-refractivity contribution in [2.75, 3.05) is 5.32 Å². The van der Waals surface area contributed by atoms with Gasteiger partial charge in [0.2, 0.25) is 0 Å². The highest BCUT2D eigenvalue weighted by atomic mass is 32.2. The molecule has 0 bridgehead atoms. The number of hydrogen-bond acceptors (Lipinski definition) is 4. The number of benzene rings is 2. The van der Waals surface area contributed by atoms with Crippen LogP contribution in [0.5, 0.6) is 0 Å². The van der Waals surface area contributed by atoms with Crippen molar-refractivity contribution in [2.24, 2.45) is 0 Å². The molecule has 0 unspecified atom stereocenters. The zero-order chi connectivity index (χ0) is 20.1. The van der Waals surface area contributed by atoms with E-state index in [1.807, 2.05) is 25.1 Å². The van der Waals surface area contributed by atoms with Crippen LogP contribution >= 0.6 is 0 Å². The van der Waals surface area contributed by atoms with Crippen LogP contribution in [0, 0.1) is 18.6 Å². The predicted molar refractivity (Wildman–Crippen MR) is 98.9 cm³/mol. The summed E-state index contributed by atoms with van der Waals surface area (Å²) in [7, 11) is -3.34. The van der Waals surface area contributed by atoms with Crippen LogP contribution < -0.4 is 5.32 Å². The number of aryl methyl sites for hydroxylation is 1. The van der Waals surface area contributed by atoms with Crippen molar-refractivity contribution in [1.29, 1.82) is 0 Å². The molecule has 3 aromatic rings. The Morgan fingerprint density at radius 2 is 1.89 bits per heavy atom. The standard InChI is InChI=1S/C19H15F2N3O3S/c1-11-3-2-4-13(7-11)24-18(14-9-28(26,27)10-17(14)23-24)22-19(25)12-5-6-15(20)16(21)8-12/h2-8H,9-10H2,1H3,(H,22,25). The van der Waals surface area contributed by atoms with Crippen LogP contribution in [0.1, 0.15) is 27.2 Å². The van der Waals surface area contributed by atoms with Gasteiger partial charge in [0.1, 0.15) is 5.82 Å². The Labute approximate surface area is 159 Å². The molecule has 2 heterocycles. The van der Waals surface area contributed by atoms with Gasteiger partial charge in [-0.15, -0.1) is 0 Å². The highest BCUT2D eigenvalue weighted by molar-refractivity contribution is 7.90. The quantitative estimate of drug-likeness (QED) is 0.729. The first-order valence-corrected chi connectivity index (χ1v) is 10.2. The molecule has 0 saturated heterocycles. The van der Waals surface area contributed by atoms with Crippen LogP contribution in [-0.2, 0) is 21.3 Å². The number of hydrogen-bond donors (Lipinski definition) is 1. The Kier molecular flexibility index (Phi) is 4.26. The van der Waals surface area contributed by atoms with E-state index in [-0.39, 0.29) is 22.9 Å². The van der Waals surface area contributed by atoms with Crippen LogP contribution in [0.25, 0.3) is 5.69 Å². The molecule has 28 heavy (non-hydrogen) atoms. The second-order valence-electron chi connectivity index (χ2n) is 6.64. The van der Waals surface area contributed by atoms with Gasteiger partial charge in [0.05, 0.1) is 22.9 Å². The Morgan fingerprint density at radius 3 is 2.61 bits per heavy atom. The van der Waals surface area contributed by atoms with E-state index >= 15 is 0 Å². The maximum atomic E-state index is 13.5. The van der Waals surface area contributed by atoms with Gasteiger partial charge in [-0.05, 0) is 42.8 Å². The Bertz CT molecular complexity index is 1220. The average molecular weight is 403 g/mol. The Balaban J connectivity index is 1.78. The summed E-state index contributed by atoms with van der Waals surface area (Å²) in [5, 5.41) is 6.98. The third-order valence-electron chi connectivity index (χ3n) is 4.45. The van der Waals surface area contributed by atoms with Gasteiger partial charge in [-0.2, -0.15) is 5.10 Å². The van der Waals surface area contributed by atoms with Gasteiger partial charge in [0.25, 0.3) is 5.91 Å². The molecule has 2 aromatic carbocycles. The Morgan fingerprint density at radius 1 is 1.11 bits per heavy atom. The lowest BCUT2D eigenvalue weighted by molar-refractivity contribution is 0.102. The maximum absolute atomic E-state index is 13.5. The minimum atomic E-state index is -3.34. The molecule has 0 spiro atoms. The predicted octanol–water partition coefficient (Wildman–Crippen LogP) is 3.14. The fraction of sp³-hybridized carbons (Fsp3) is 0.158. The number of carbonyl (C=O) groups is 1. The van der Waals surface area contributed by atoms with Crippen LogP contribution in [0.15, 0.2) is 42.5 Å². The van der Waals surface area contributed by atoms with Gasteiger partial charge in [-0.25, -0.2) is 21.9 Å². The molecule has 9 heteroatoms. The lowest BCUT2D eigenvalue weighted by Gasteiger charge is -2.12. The summed E-state index contributed by atoms with van der Waals surface area (Å²) in [4.78, 5) is 12.6. The van der Waals surface area contributed by atoms with Gasteiger partial charge >= 0.3 is 0 Å². The van der Waals surface area contributed by atoms with Gasteiger partial charge in [0, 0.05) is 11.1 Å². The molecule has 1 aliphatic rings. The molecule has 0 saturated carbocycles. The average Bonchev–Trinajstić information content (AvgIpc) is 3.10. The zero-order valence-corrected chi connectivity index (χ0v) is 15.6. The number of aromatic nitrogens is 2. The molecule has 4 rings (SSSR count). The Hall–Kier alpha value is -3.07. The summed E-state index contributed by atoms with van der Waals surface area (Å²) in [6.07, 6.45) is 0. The minimum absolute atomic E-state index is 0.0921. The van der Waals surface area contributed by atoms with Gasteiger partial charge in [0.15, 0.2) is 21.5 Å². The molecular formula is C19H15F2N3O3S. The van der Waals surface area contributed by atoms with Gasteiger partial charge in [-0.1, -0.05) is 12.1 Å². The van der Waals surface area contributed by atoms with E-state index in [0.717, 1.165) is 23.8 Å². The number of nitrogens with zero attached hydrogens (tertiary/aromatic N) is 2. The largest absolute Gasteiger partial charge is 0.306 e. The number of amides is 1. The van der Waals surface area contributed by atoms with Crippen LogP contribution in [0.2, 0.25) is 0 Å². The monoisotopic (exact) mass is 403 g/mol. The molecular weight excluding hydrogens is 388 g/mol. The number of carbonyl (C=O) groups excluding carboxylic acids is 1. The molecule has 144 valence electrons. The number of fused-ring (bicyclic) bond motifs is 1. The van der Waals surface area contributed by atoms with E-state index in [4.69, 9.17) is 0 Å². The third kappa shape index (κ3) is 3.29. The molecule has 0 atom stereocenters. The molecule has 1 aliphatic heterocycles. The number of anilines is 1. The topological polar surface area (TPSA) is 81.1 Å². The fourth-order valence-corrected chi connectivity index (χ4v) is 4.63. The van der Waals surface area contributed by atoms with Crippen molar-refractivity contribution >= 4 is 21.6 Å². The van der Waals surface area contributed by atoms with Crippen LogP contribution in [0.3, 0.4) is 0 Å². The van der Waals surface area contributed by atoms with Crippen molar-refractivity contribution in [2.45, 2.75) is 18.4 Å². The smallest absolute Gasteiger partial charge is 0.256 e. The van der Waals surface area contributed by atoms with E-state index in [0.29, 0.717) is 16.9 Å². The normalized spacial score (nSPS) is 14.7. The van der Waals surface area contributed by atoms with Crippen LogP contribution in [0.4, 0.5) is 14.6 Å². The van der Waals surface area contributed by atoms with E-state index < -0.39 is 27.4 Å². The summed E-state index contributed by atoms with van der Waals surface area (Å²) in [5.41, 5.74) is 2.27. The van der Waals surface area contributed by atoms with E-state index in [2.05, 4.69) is 10.4 Å². The first-order chi connectivity index (χ1) is 13.2. The maximum Gasteiger partial charge on any atom is 0.256 e. The van der Waals surface area contributed by atoms with E-state index in [9.17, 15) is 22.0 Å². The number of rotatable bonds is 3. The summed E-state index contributed by atoms with van der Waals surface area (Å²) < 4.78 is 52.1.